The molecule has 4 nitrogen and oxygen atoms in total. The maximum Gasteiger partial charge on any atom is 0.184 e. The number of aromatic nitrogens is 1. The lowest BCUT2D eigenvalue weighted by molar-refractivity contribution is 0.594. The second-order valence-electron chi connectivity index (χ2n) is 3.84. The Morgan fingerprint density at radius 3 is 2.40 bits per heavy atom. The van der Waals surface area contributed by atoms with Gasteiger partial charge in [0.2, 0.25) is 0 Å². The summed E-state index contributed by atoms with van der Waals surface area (Å²) in [7, 11) is -3.30. The average molecular weight is 355 g/mol. The Labute approximate surface area is 135 Å². The van der Waals surface area contributed by atoms with Gasteiger partial charge < -0.3 is 5.73 Å². The summed E-state index contributed by atoms with van der Waals surface area (Å²) in [5, 5.41) is 2.67. The molecule has 0 radical (unpaired) electrons. The fourth-order valence-electron chi connectivity index (χ4n) is 1.56. The quantitative estimate of drug-likeness (QED) is 0.894. The van der Waals surface area contributed by atoms with Crippen LogP contribution in [0.3, 0.4) is 0 Å². The Morgan fingerprint density at radius 2 is 1.80 bits per heavy atom. The third-order valence-corrected chi connectivity index (χ3v) is 5.02. The van der Waals surface area contributed by atoms with Crippen LogP contribution in [0.2, 0.25) is 0 Å². The standard InChI is InChI=1S/C12H14N2O2S2.2ClH/c13-7-6-12-14-10(8-17-12)9-18(15,16)11-4-2-1-3-5-11;;/h1-5,8H,6-7,9,13H2;2*1H. The molecule has 0 unspecified atom stereocenters. The van der Waals surface area contributed by atoms with Gasteiger partial charge in [0.25, 0.3) is 0 Å². The van der Waals surface area contributed by atoms with E-state index in [9.17, 15) is 8.42 Å². The molecule has 0 aliphatic carbocycles. The number of sulfone groups is 1. The highest BCUT2D eigenvalue weighted by molar-refractivity contribution is 7.90. The molecule has 0 aliphatic rings. The van der Waals surface area contributed by atoms with Gasteiger partial charge in [-0.3, -0.25) is 0 Å². The predicted molar refractivity (Wildman–Crippen MR) is 86.7 cm³/mol. The molecule has 20 heavy (non-hydrogen) atoms. The molecule has 1 heterocycles. The van der Waals surface area contributed by atoms with Gasteiger partial charge in [0.1, 0.15) is 0 Å². The van der Waals surface area contributed by atoms with Gasteiger partial charge in [0.15, 0.2) is 9.84 Å². The zero-order valence-corrected chi connectivity index (χ0v) is 13.8. The van der Waals surface area contributed by atoms with Crippen LogP contribution in [0.25, 0.3) is 0 Å². The van der Waals surface area contributed by atoms with Crippen LogP contribution in [-0.2, 0) is 22.0 Å². The fraction of sp³-hybridized carbons (Fsp3) is 0.250. The third kappa shape index (κ3) is 5.03. The summed E-state index contributed by atoms with van der Waals surface area (Å²) >= 11 is 1.45. The molecule has 0 bridgehead atoms. The first-order valence-electron chi connectivity index (χ1n) is 5.53. The van der Waals surface area contributed by atoms with Crippen molar-refractivity contribution in [1.29, 1.82) is 0 Å². The van der Waals surface area contributed by atoms with Crippen LogP contribution < -0.4 is 5.73 Å². The van der Waals surface area contributed by atoms with E-state index in [4.69, 9.17) is 5.73 Å². The Kier molecular flexibility index (Phi) is 8.30. The molecule has 0 fully saturated rings. The molecule has 2 N–H and O–H groups in total. The zero-order valence-electron chi connectivity index (χ0n) is 10.6. The molecule has 0 saturated heterocycles. The number of hydrogen-bond donors (Lipinski definition) is 1. The lowest BCUT2D eigenvalue weighted by atomic mass is 10.4. The topological polar surface area (TPSA) is 73.0 Å². The summed E-state index contributed by atoms with van der Waals surface area (Å²) in [6, 6.07) is 8.42. The molecular formula is C12H16Cl2N2O2S2. The van der Waals surface area contributed by atoms with E-state index in [1.54, 1.807) is 35.7 Å². The minimum atomic E-state index is -3.30. The summed E-state index contributed by atoms with van der Waals surface area (Å²) in [6.45, 7) is 0.526. The Bertz CT molecular complexity index is 615. The van der Waals surface area contributed by atoms with Gasteiger partial charge in [0, 0.05) is 11.8 Å². The number of thiazole rings is 1. The highest BCUT2D eigenvalue weighted by Gasteiger charge is 2.16. The van der Waals surface area contributed by atoms with E-state index >= 15 is 0 Å². The van der Waals surface area contributed by atoms with Crippen molar-refractivity contribution in [2.45, 2.75) is 17.1 Å². The van der Waals surface area contributed by atoms with Crippen molar-refractivity contribution in [3.05, 3.63) is 46.4 Å². The zero-order chi connectivity index (χ0) is 13.0. The van der Waals surface area contributed by atoms with E-state index < -0.39 is 9.84 Å². The van der Waals surface area contributed by atoms with Crippen molar-refractivity contribution in [3.8, 4) is 0 Å². The summed E-state index contributed by atoms with van der Waals surface area (Å²) in [6.07, 6.45) is 0.691. The molecule has 1 aromatic carbocycles. The van der Waals surface area contributed by atoms with Crippen LogP contribution in [0, 0.1) is 0 Å². The van der Waals surface area contributed by atoms with Crippen LogP contribution in [0.15, 0.2) is 40.6 Å². The number of benzene rings is 1. The van der Waals surface area contributed by atoms with E-state index in [1.165, 1.54) is 11.3 Å². The fourth-order valence-corrected chi connectivity index (χ4v) is 3.75. The summed E-state index contributed by atoms with van der Waals surface area (Å²) in [4.78, 5) is 4.60. The first-order chi connectivity index (χ1) is 8.62. The maximum absolute atomic E-state index is 12.1. The number of rotatable bonds is 5. The van der Waals surface area contributed by atoms with E-state index in [-0.39, 0.29) is 30.6 Å². The van der Waals surface area contributed by atoms with Crippen molar-refractivity contribution in [2.24, 2.45) is 5.73 Å². The molecule has 0 atom stereocenters. The molecule has 0 aliphatic heterocycles. The molecule has 8 heteroatoms. The first kappa shape index (κ1) is 19.3. The minimum absolute atomic E-state index is 0. The van der Waals surface area contributed by atoms with Gasteiger partial charge in [-0.25, -0.2) is 13.4 Å². The van der Waals surface area contributed by atoms with Crippen molar-refractivity contribution in [3.63, 3.8) is 0 Å². The lowest BCUT2D eigenvalue weighted by Gasteiger charge is -2.01. The minimum Gasteiger partial charge on any atom is -0.330 e. The van der Waals surface area contributed by atoms with Crippen molar-refractivity contribution in [2.75, 3.05) is 6.54 Å². The Hall–Kier alpha value is -0.660. The summed E-state index contributed by atoms with van der Waals surface area (Å²) in [5.41, 5.74) is 6.03. The second kappa shape index (κ2) is 8.59. The van der Waals surface area contributed by atoms with Gasteiger partial charge >= 0.3 is 0 Å². The van der Waals surface area contributed by atoms with Crippen molar-refractivity contribution < 1.29 is 8.42 Å². The van der Waals surface area contributed by atoms with Crippen LogP contribution in [0.5, 0.6) is 0 Å². The monoisotopic (exact) mass is 354 g/mol. The molecule has 0 spiro atoms. The van der Waals surface area contributed by atoms with Gasteiger partial charge in [-0.1, -0.05) is 18.2 Å². The summed E-state index contributed by atoms with van der Waals surface area (Å²) in [5.74, 6) is -0.0575. The number of halogens is 2. The third-order valence-electron chi connectivity index (χ3n) is 2.40. The van der Waals surface area contributed by atoms with Crippen molar-refractivity contribution in [1.82, 2.24) is 4.98 Å². The summed E-state index contributed by atoms with van der Waals surface area (Å²) < 4.78 is 24.2. The van der Waals surface area contributed by atoms with E-state index in [1.807, 2.05) is 0 Å². The molecule has 112 valence electrons. The SMILES string of the molecule is Cl.Cl.NCCc1nc(CS(=O)(=O)c2ccccc2)cs1. The largest absolute Gasteiger partial charge is 0.330 e. The Balaban J connectivity index is 0.00000180. The molecule has 1 aromatic heterocycles. The smallest absolute Gasteiger partial charge is 0.184 e. The van der Waals surface area contributed by atoms with Gasteiger partial charge in [-0.15, -0.1) is 36.2 Å². The predicted octanol–water partition coefficient (Wildman–Crippen LogP) is 2.46. The highest BCUT2D eigenvalue weighted by atomic mass is 35.5. The molecule has 0 saturated carbocycles. The van der Waals surface area contributed by atoms with E-state index in [2.05, 4.69) is 4.98 Å². The number of hydrogen-bond acceptors (Lipinski definition) is 5. The van der Waals surface area contributed by atoms with Crippen LogP contribution in [0.4, 0.5) is 0 Å². The average Bonchev–Trinajstić information content (AvgIpc) is 2.77. The van der Waals surface area contributed by atoms with Crippen LogP contribution in [-0.4, -0.2) is 19.9 Å². The van der Waals surface area contributed by atoms with Crippen molar-refractivity contribution >= 4 is 46.0 Å². The molecule has 2 rings (SSSR count). The Morgan fingerprint density at radius 1 is 1.15 bits per heavy atom. The first-order valence-corrected chi connectivity index (χ1v) is 8.06. The van der Waals surface area contributed by atoms with E-state index in [0.717, 1.165) is 5.01 Å². The second-order valence-corrected chi connectivity index (χ2v) is 6.78. The maximum atomic E-state index is 12.1. The number of nitrogens with zero attached hydrogens (tertiary/aromatic N) is 1. The van der Waals surface area contributed by atoms with Gasteiger partial charge in [0.05, 0.1) is 21.3 Å². The lowest BCUT2D eigenvalue weighted by Crippen LogP contribution is -2.06. The number of nitrogens with two attached hydrogens (primary N) is 1. The van der Waals surface area contributed by atoms with Crippen LogP contribution >= 0.6 is 36.2 Å². The highest BCUT2D eigenvalue weighted by Crippen LogP contribution is 2.18. The van der Waals surface area contributed by atoms with Gasteiger partial charge in [-0.2, -0.15) is 0 Å². The molecule has 0 amide bonds. The van der Waals surface area contributed by atoms with Crippen LogP contribution in [0.1, 0.15) is 10.7 Å². The molecule has 2 aromatic rings. The normalized spacial score (nSPS) is 10.4. The van der Waals surface area contributed by atoms with E-state index in [0.29, 0.717) is 23.6 Å². The van der Waals surface area contributed by atoms with Gasteiger partial charge in [-0.05, 0) is 18.7 Å². The molecular weight excluding hydrogens is 339 g/mol.